The molecule has 0 amide bonds. The number of fused-ring (bicyclic) bond motifs is 1. The quantitative estimate of drug-likeness (QED) is 0.799. The molecule has 0 unspecified atom stereocenters. The van der Waals surface area contributed by atoms with Gasteiger partial charge in [-0.1, -0.05) is 12.1 Å². The van der Waals surface area contributed by atoms with Crippen LogP contribution in [0.15, 0.2) is 36.5 Å². The fourth-order valence-corrected chi connectivity index (χ4v) is 2.52. The van der Waals surface area contributed by atoms with E-state index in [-0.39, 0.29) is 5.78 Å². The summed E-state index contributed by atoms with van der Waals surface area (Å²) in [6.45, 7) is 2.67. The summed E-state index contributed by atoms with van der Waals surface area (Å²) in [4.78, 5) is 16.3. The average Bonchev–Trinajstić information content (AvgIpc) is 2.92. The molecule has 0 N–H and O–H groups in total. The van der Waals surface area contributed by atoms with Crippen molar-refractivity contribution in [3.8, 4) is 5.75 Å². The molecule has 2 aromatic rings. The van der Waals surface area contributed by atoms with Gasteiger partial charge in [0.1, 0.15) is 5.75 Å². The highest BCUT2D eigenvalue weighted by Gasteiger charge is 2.13. The van der Waals surface area contributed by atoms with Crippen molar-refractivity contribution in [2.24, 2.45) is 0 Å². The second-order valence-corrected chi connectivity index (χ2v) is 5.15. The van der Waals surface area contributed by atoms with Crippen molar-refractivity contribution in [2.75, 3.05) is 6.61 Å². The van der Waals surface area contributed by atoms with Gasteiger partial charge in [0.15, 0.2) is 5.78 Å². The first-order chi connectivity index (χ1) is 9.72. The van der Waals surface area contributed by atoms with Crippen LogP contribution in [0.3, 0.4) is 0 Å². The molecular formula is C17H17NO2. The van der Waals surface area contributed by atoms with Gasteiger partial charge >= 0.3 is 0 Å². The van der Waals surface area contributed by atoms with Crippen LogP contribution in [-0.2, 0) is 12.8 Å². The highest BCUT2D eigenvalue weighted by Crippen LogP contribution is 2.26. The lowest BCUT2D eigenvalue weighted by atomic mass is 10.0. The molecule has 0 radical (unpaired) electrons. The number of nitrogens with zero attached hydrogens (tertiary/aromatic N) is 1. The molecule has 1 aliphatic heterocycles. The molecule has 0 saturated heterocycles. The van der Waals surface area contributed by atoms with E-state index in [0.717, 1.165) is 36.5 Å². The van der Waals surface area contributed by atoms with E-state index in [1.54, 1.807) is 12.3 Å². The number of aromatic nitrogens is 1. The van der Waals surface area contributed by atoms with Crippen molar-refractivity contribution in [1.82, 2.24) is 4.98 Å². The molecule has 0 saturated carbocycles. The maximum atomic E-state index is 12.2. The van der Waals surface area contributed by atoms with E-state index in [1.165, 1.54) is 11.1 Å². The summed E-state index contributed by atoms with van der Waals surface area (Å²) in [6.07, 6.45) is 3.96. The fraction of sp³-hybridized carbons (Fsp3) is 0.294. The van der Waals surface area contributed by atoms with E-state index in [0.29, 0.717) is 6.42 Å². The second kappa shape index (κ2) is 5.45. The Balaban J connectivity index is 1.66. The summed E-state index contributed by atoms with van der Waals surface area (Å²) < 4.78 is 5.49. The number of rotatable bonds is 4. The number of carbonyl (C=O) groups excluding carboxylic acids is 1. The predicted molar refractivity (Wildman–Crippen MR) is 77.3 cm³/mol. The summed E-state index contributed by atoms with van der Waals surface area (Å²) >= 11 is 0. The molecular weight excluding hydrogens is 250 g/mol. The van der Waals surface area contributed by atoms with Gasteiger partial charge in [-0.3, -0.25) is 9.78 Å². The van der Waals surface area contributed by atoms with Gasteiger partial charge in [0.2, 0.25) is 0 Å². The van der Waals surface area contributed by atoms with Crippen molar-refractivity contribution in [3.63, 3.8) is 0 Å². The smallest absolute Gasteiger partial charge is 0.163 e. The zero-order valence-corrected chi connectivity index (χ0v) is 11.6. The Labute approximate surface area is 118 Å². The van der Waals surface area contributed by atoms with Gasteiger partial charge in [0.25, 0.3) is 0 Å². The first kappa shape index (κ1) is 12.9. The van der Waals surface area contributed by atoms with Crippen LogP contribution in [0, 0.1) is 6.92 Å². The van der Waals surface area contributed by atoms with Crippen LogP contribution in [0.5, 0.6) is 5.75 Å². The van der Waals surface area contributed by atoms with E-state index < -0.39 is 0 Å². The number of hydrogen-bond donors (Lipinski definition) is 0. The average molecular weight is 267 g/mol. The maximum absolute atomic E-state index is 12.2. The largest absolute Gasteiger partial charge is 0.493 e. The lowest BCUT2D eigenvalue weighted by molar-refractivity contribution is 0.0982. The van der Waals surface area contributed by atoms with Crippen molar-refractivity contribution >= 4 is 5.78 Å². The van der Waals surface area contributed by atoms with E-state index in [9.17, 15) is 4.79 Å². The normalized spacial score (nSPS) is 12.8. The SMILES string of the molecule is Cc1cc(C(=O)CCc2ccc3c(c2)CCO3)ccn1. The number of pyridine rings is 1. The number of aryl methyl sites for hydroxylation is 2. The number of ketones is 1. The van der Waals surface area contributed by atoms with Gasteiger partial charge in [0.05, 0.1) is 6.61 Å². The van der Waals surface area contributed by atoms with E-state index in [2.05, 4.69) is 17.1 Å². The van der Waals surface area contributed by atoms with Crippen LogP contribution in [0.25, 0.3) is 0 Å². The monoisotopic (exact) mass is 267 g/mol. The van der Waals surface area contributed by atoms with Crippen LogP contribution in [0.4, 0.5) is 0 Å². The number of ether oxygens (including phenoxy) is 1. The predicted octanol–water partition coefficient (Wildman–Crippen LogP) is 3.14. The molecule has 0 aliphatic carbocycles. The minimum absolute atomic E-state index is 0.173. The Hall–Kier alpha value is -2.16. The zero-order chi connectivity index (χ0) is 13.9. The van der Waals surface area contributed by atoms with E-state index in [1.807, 2.05) is 19.1 Å². The van der Waals surface area contributed by atoms with Crippen LogP contribution in [0.1, 0.15) is 33.6 Å². The summed E-state index contributed by atoms with van der Waals surface area (Å²) in [5.41, 5.74) is 4.09. The first-order valence-electron chi connectivity index (χ1n) is 6.93. The van der Waals surface area contributed by atoms with Crippen LogP contribution in [0.2, 0.25) is 0 Å². The molecule has 0 atom stereocenters. The summed E-state index contributed by atoms with van der Waals surface area (Å²) in [6, 6.07) is 9.85. The van der Waals surface area contributed by atoms with Crippen LogP contribution < -0.4 is 4.74 Å². The standard InChI is InChI=1S/C17H17NO2/c1-12-10-14(6-8-18-12)16(19)4-2-13-3-5-17-15(11-13)7-9-20-17/h3,5-6,8,10-11H,2,4,7,9H2,1H3. The molecule has 102 valence electrons. The molecule has 20 heavy (non-hydrogen) atoms. The summed E-state index contributed by atoms with van der Waals surface area (Å²) in [5, 5.41) is 0. The van der Waals surface area contributed by atoms with Crippen molar-refractivity contribution in [3.05, 3.63) is 58.9 Å². The topological polar surface area (TPSA) is 39.2 Å². The van der Waals surface area contributed by atoms with Crippen molar-refractivity contribution < 1.29 is 9.53 Å². The Morgan fingerprint density at radius 3 is 3.05 bits per heavy atom. The Morgan fingerprint density at radius 1 is 1.30 bits per heavy atom. The zero-order valence-electron chi connectivity index (χ0n) is 11.6. The van der Waals surface area contributed by atoms with E-state index >= 15 is 0 Å². The molecule has 0 bridgehead atoms. The fourth-order valence-electron chi connectivity index (χ4n) is 2.52. The molecule has 3 nitrogen and oxygen atoms in total. The van der Waals surface area contributed by atoms with Crippen LogP contribution in [-0.4, -0.2) is 17.4 Å². The highest BCUT2D eigenvalue weighted by molar-refractivity contribution is 5.96. The molecule has 0 fully saturated rings. The van der Waals surface area contributed by atoms with Crippen molar-refractivity contribution in [2.45, 2.75) is 26.2 Å². The van der Waals surface area contributed by atoms with E-state index in [4.69, 9.17) is 4.74 Å². The van der Waals surface area contributed by atoms with Gasteiger partial charge in [-0.25, -0.2) is 0 Å². The van der Waals surface area contributed by atoms with Gasteiger partial charge in [-0.15, -0.1) is 0 Å². The minimum atomic E-state index is 0.173. The van der Waals surface area contributed by atoms with Gasteiger partial charge in [-0.2, -0.15) is 0 Å². The highest BCUT2D eigenvalue weighted by atomic mass is 16.5. The minimum Gasteiger partial charge on any atom is -0.493 e. The Bertz CT molecular complexity index is 649. The molecule has 3 heteroatoms. The maximum Gasteiger partial charge on any atom is 0.163 e. The number of benzene rings is 1. The Kier molecular flexibility index (Phi) is 3.50. The lowest BCUT2D eigenvalue weighted by Crippen LogP contribution is -2.02. The van der Waals surface area contributed by atoms with Gasteiger partial charge in [-0.05, 0) is 42.7 Å². The lowest BCUT2D eigenvalue weighted by Gasteiger charge is -2.05. The third-order valence-electron chi connectivity index (χ3n) is 3.61. The summed E-state index contributed by atoms with van der Waals surface area (Å²) in [5.74, 6) is 1.16. The molecule has 0 spiro atoms. The Morgan fingerprint density at radius 2 is 2.20 bits per heavy atom. The van der Waals surface area contributed by atoms with Crippen LogP contribution >= 0.6 is 0 Å². The third kappa shape index (κ3) is 2.72. The molecule has 1 aromatic carbocycles. The molecule has 3 rings (SSSR count). The third-order valence-corrected chi connectivity index (χ3v) is 3.61. The van der Waals surface area contributed by atoms with Crippen molar-refractivity contribution in [1.29, 1.82) is 0 Å². The molecule has 1 aromatic heterocycles. The molecule has 2 heterocycles. The van der Waals surface area contributed by atoms with Gasteiger partial charge in [0, 0.05) is 30.3 Å². The second-order valence-electron chi connectivity index (χ2n) is 5.15. The van der Waals surface area contributed by atoms with Gasteiger partial charge < -0.3 is 4.74 Å². The molecule has 1 aliphatic rings. The first-order valence-corrected chi connectivity index (χ1v) is 6.93. The summed E-state index contributed by atoms with van der Waals surface area (Å²) in [7, 11) is 0. The number of carbonyl (C=O) groups is 1. The number of Topliss-reactive ketones (excluding diaryl/α,β-unsaturated/α-hetero) is 1. The number of hydrogen-bond acceptors (Lipinski definition) is 3.